The molecule has 1 aromatic rings. The fourth-order valence-electron chi connectivity index (χ4n) is 1.35. The minimum atomic E-state index is -0.614. The van der Waals surface area contributed by atoms with E-state index in [2.05, 4.69) is 11.9 Å². The molecule has 0 bridgehead atoms. The van der Waals surface area contributed by atoms with Gasteiger partial charge >= 0.3 is 0 Å². The van der Waals surface area contributed by atoms with Crippen molar-refractivity contribution in [3.05, 3.63) is 18.2 Å². The van der Waals surface area contributed by atoms with Gasteiger partial charge in [0.05, 0.1) is 6.61 Å². The second-order valence-corrected chi connectivity index (χ2v) is 3.15. The molecule has 80 valence electrons. The van der Waals surface area contributed by atoms with E-state index in [0.29, 0.717) is 19.0 Å². The molecule has 1 unspecified atom stereocenters. The summed E-state index contributed by atoms with van der Waals surface area (Å²) < 4.78 is 7.11. The molecule has 1 rings (SSSR count). The fraction of sp³-hybridized carbons (Fsp3) is 0.700. The number of aromatic nitrogens is 2. The summed E-state index contributed by atoms with van der Waals surface area (Å²) in [5.41, 5.74) is 0. The van der Waals surface area contributed by atoms with Gasteiger partial charge in [-0.05, 0) is 13.3 Å². The summed E-state index contributed by atoms with van der Waals surface area (Å²) in [6, 6.07) is 0. The molecule has 0 aromatic carbocycles. The Balaban J connectivity index is 2.58. The SMILES string of the molecule is CCCn1ccnc1C(O)COCC. The van der Waals surface area contributed by atoms with Gasteiger partial charge in [-0.3, -0.25) is 0 Å². The van der Waals surface area contributed by atoms with Crippen LogP contribution in [0, 0.1) is 0 Å². The van der Waals surface area contributed by atoms with E-state index in [4.69, 9.17) is 4.74 Å². The van der Waals surface area contributed by atoms with Gasteiger partial charge in [0.25, 0.3) is 0 Å². The van der Waals surface area contributed by atoms with Crippen molar-refractivity contribution in [2.24, 2.45) is 0 Å². The van der Waals surface area contributed by atoms with E-state index < -0.39 is 6.10 Å². The van der Waals surface area contributed by atoms with Crippen LogP contribution in [0.25, 0.3) is 0 Å². The van der Waals surface area contributed by atoms with Gasteiger partial charge in [0.1, 0.15) is 11.9 Å². The third-order valence-corrected chi connectivity index (χ3v) is 1.99. The number of hydrogen-bond donors (Lipinski definition) is 1. The lowest BCUT2D eigenvalue weighted by molar-refractivity contribution is 0.0354. The Kier molecular flexibility index (Phi) is 4.62. The van der Waals surface area contributed by atoms with E-state index in [-0.39, 0.29) is 0 Å². The Morgan fingerprint density at radius 3 is 3.00 bits per heavy atom. The highest BCUT2D eigenvalue weighted by atomic mass is 16.5. The lowest BCUT2D eigenvalue weighted by Crippen LogP contribution is -2.13. The van der Waals surface area contributed by atoms with Crippen molar-refractivity contribution in [3.8, 4) is 0 Å². The summed E-state index contributed by atoms with van der Waals surface area (Å²) in [7, 11) is 0. The van der Waals surface area contributed by atoms with Gasteiger partial charge in [-0.25, -0.2) is 4.98 Å². The maximum absolute atomic E-state index is 9.74. The highest BCUT2D eigenvalue weighted by Gasteiger charge is 2.12. The van der Waals surface area contributed by atoms with E-state index in [1.54, 1.807) is 6.20 Å². The van der Waals surface area contributed by atoms with Gasteiger partial charge in [-0.2, -0.15) is 0 Å². The van der Waals surface area contributed by atoms with Gasteiger partial charge in [0.15, 0.2) is 0 Å². The molecule has 1 atom stereocenters. The first-order valence-corrected chi connectivity index (χ1v) is 5.06. The quantitative estimate of drug-likeness (QED) is 0.750. The standard InChI is InChI=1S/C10H18N2O2/c1-3-6-12-7-5-11-10(12)9(13)8-14-4-2/h5,7,9,13H,3-4,6,8H2,1-2H3. The molecule has 0 aliphatic rings. The van der Waals surface area contributed by atoms with Crippen molar-refractivity contribution in [3.63, 3.8) is 0 Å². The summed E-state index contributed by atoms with van der Waals surface area (Å²) in [5, 5.41) is 9.74. The first-order chi connectivity index (χ1) is 6.79. The molecular formula is C10H18N2O2. The monoisotopic (exact) mass is 198 g/mol. The van der Waals surface area contributed by atoms with E-state index in [0.717, 1.165) is 13.0 Å². The van der Waals surface area contributed by atoms with Crippen LogP contribution in [0.4, 0.5) is 0 Å². The molecule has 4 nitrogen and oxygen atoms in total. The topological polar surface area (TPSA) is 47.3 Å². The molecule has 0 aliphatic heterocycles. The number of imidazole rings is 1. The lowest BCUT2D eigenvalue weighted by atomic mass is 10.3. The van der Waals surface area contributed by atoms with Gasteiger partial charge in [-0.1, -0.05) is 6.92 Å². The molecule has 0 spiro atoms. The number of aliphatic hydroxyl groups excluding tert-OH is 1. The van der Waals surface area contributed by atoms with Crippen LogP contribution in [0.3, 0.4) is 0 Å². The maximum atomic E-state index is 9.74. The normalized spacial score (nSPS) is 13.1. The molecule has 4 heteroatoms. The van der Waals surface area contributed by atoms with Crippen LogP contribution >= 0.6 is 0 Å². The van der Waals surface area contributed by atoms with E-state index in [9.17, 15) is 5.11 Å². The predicted octanol–water partition coefficient (Wildman–Crippen LogP) is 1.36. The number of aryl methyl sites for hydroxylation is 1. The third kappa shape index (κ3) is 2.82. The Morgan fingerprint density at radius 2 is 2.36 bits per heavy atom. The predicted molar refractivity (Wildman–Crippen MR) is 54.0 cm³/mol. The molecule has 14 heavy (non-hydrogen) atoms. The molecule has 1 aromatic heterocycles. The second kappa shape index (κ2) is 5.78. The van der Waals surface area contributed by atoms with Crippen LogP contribution in [-0.2, 0) is 11.3 Å². The third-order valence-electron chi connectivity index (χ3n) is 1.99. The number of ether oxygens (including phenoxy) is 1. The average molecular weight is 198 g/mol. The van der Waals surface area contributed by atoms with Crippen LogP contribution in [0.2, 0.25) is 0 Å². The van der Waals surface area contributed by atoms with Crippen molar-refractivity contribution in [1.82, 2.24) is 9.55 Å². The average Bonchev–Trinajstić information content (AvgIpc) is 2.63. The highest BCUT2D eigenvalue weighted by molar-refractivity contribution is 4.96. The molecule has 1 N–H and O–H groups in total. The summed E-state index contributed by atoms with van der Waals surface area (Å²) in [5.74, 6) is 0.695. The fourth-order valence-corrected chi connectivity index (χ4v) is 1.35. The van der Waals surface area contributed by atoms with Crippen molar-refractivity contribution >= 4 is 0 Å². The summed E-state index contributed by atoms with van der Waals surface area (Å²) in [6.45, 7) is 5.82. The number of nitrogens with zero attached hydrogens (tertiary/aromatic N) is 2. The van der Waals surface area contributed by atoms with Crippen LogP contribution in [-0.4, -0.2) is 27.9 Å². The zero-order chi connectivity index (χ0) is 10.4. The van der Waals surface area contributed by atoms with Crippen molar-refractivity contribution in [1.29, 1.82) is 0 Å². The van der Waals surface area contributed by atoms with Gasteiger partial charge in [0, 0.05) is 25.5 Å². The molecule has 0 radical (unpaired) electrons. The number of hydrogen-bond acceptors (Lipinski definition) is 3. The summed E-state index contributed by atoms with van der Waals surface area (Å²) >= 11 is 0. The summed E-state index contributed by atoms with van der Waals surface area (Å²) in [4.78, 5) is 4.12. The maximum Gasteiger partial charge on any atom is 0.140 e. The largest absolute Gasteiger partial charge is 0.383 e. The Morgan fingerprint density at radius 1 is 1.57 bits per heavy atom. The van der Waals surface area contributed by atoms with Crippen molar-refractivity contribution in [2.45, 2.75) is 32.9 Å². The lowest BCUT2D eigenvalue weighted by Gasteiger charge is -2.12. The van der Waals surface area contributed by atoms with Gasteiger partial charge in [-0.15, -0.1) is 0 Å². The molecule has 0 aliphatic carbocycles. The minimum absolute atomic E-state index is 0.317. The van der Waals surface area contributed by atoms with Crippen molar-refractivity contribution < 1.29 is 9.84 Å². The molecule has 0 fully saturated rings. The number of aliphatic hydroxyl groups is 1. The molecule has 0 saturated heterocycles. The zero-order valence-corrected chi connectivity index (χ0v) is 8.81. The first kappa shape index (κ1) is 11.2. The highest BCUT2D eigenvalue weighted by Crippen LogP contribution is 2.11. The summed E-state index contributed by atoms with van der Waals surface area (Å²) in [6.07, 6.45) is 4.01. The van der Waals surface area contributed by atoms with Gasteiger partial charge < -0.3 is 14.4 Å². The van der Waals surface area contributed by atoms with E-state index in [1.807, 2.05) is 17.7 Å². The van der Waals surface area contributed by atoms with E-state index in [1.165, 1.54) is 0 Å². The smallest absolute Gasteiger partial charge is 0.140 e. The Bertz CT molecular complexity index is 260. The van der Waals surface area contributed by atoms with Gasteiger partial charge in [0.2, 0.25) is 0 Å². The minimum Gasteiger partial charge on any atom is -0.383 e. The second-order valence-electron chi connectivity index (χ2n) is 3.15. The first-order valence-electron chi connectivity index (χ1n) is 5.06. The van der Waals surface area contributed by atoms with Crippen LogP contribution < -0.4 is 0 Å². The molecule has 0 amide bonds. The Labute approximate surface area is 84.5 Å². The Hall–Kier alpha value is -0.870. The van der Waals surface area contributed by atoms with Crippen LogP contribution in [0.1, 0.15) is 32.2 Å². The van der Waals surface area contributed by atoms with Crippen LogP contribution in [0.15, 0.2) is 12.4 Å². The molecule has 0 saturated carbocycles. The van der Waals surface area contributed by atoms with E-state index >= 15 is 0 Å². The van der Waals surface area contributed by atoms with Crippen LogP contribution in [0.5, 0.6) is 0 Å². The zero-order valence-electron chi connectivity index (χ0n) is 8.81. The number of rotatable bonds is 6. The molecule has 1 heterocycles. The van der Waals surface area contributed by atoms with Crippen molar-refractivity contribution in [2.75, 3.05) is 13.2 Å². The molecular weight excluding hydrogens is 180 g/mol.